The van der Waals surface area contributed by atoms with Crippen LogP contribution < -0.4 is 0 Å². The van der Waals surface area contributed by atoms with Gasteiger partial charge in [0.15, 0.2) is 0 Å². The third-order valence-corrected chi connectivity index (χ3v) is 4.39. The van der Waals surface area contributed by atoms with Gasteiger partial charge in [0.05, 0.1) is 12.2 Å². The van der Waals surface area contributed by atoms with Crippen molar-refractivity contribution in [3.63, 3.8) is 0 Å². The van der Waals surface area contributed by atoms with Gasteiger partial charge in [-0.1, -0.05) is 30.3 Å². The number of rotatable bonds is 7. The number of benzene rings is 1. The van der Waals surface area contributed by atoms with Crippen LogP contribution in [-0.2, 0) is 18.3 Å². The molecule has 5 nitrogen and oxygen atoms in total. The lowest BCUT2D eigenvalue weighted by Gasteiger charge is -2.28. The fourth-order valence-electron chi connectivity index (χ4n) is 2.76. The van der Waals surface area contributed by atoms with E-state index in [2.05, 4.69) is 5.10 Å². The van der Waals surface area contributed by atoms with Crippen molar-refractivity contribution in [1.82, 2.24) is 14.7 Å². The van der Waals surface area contributed by atoms with E-state index >= 15 is 0 Å². The molecule has 0 bridgehead atoms. The number of aryl methyl sites for hydroxylation is 2. The van der Waals surface area contributed by atoms with Crippen LogP contribution in [0.2, 0.25) is 0 Å². The highest BCUT2D eigenvalue weighted by atomic mass is 16.3. The number of carbonyl (C=O) groups is 1. The normalized spacial score (nSPS) is 12.2. The van der Waals surface area contributed by atoms with Crippen molar-refractivity contribution in [3.05, 3.63) is 53.3 Å². The number of aromatic nitrogens is 2. The largest absolute Gasteiger partial charge is 0.396 e. The standard InChI is InChI=1S/C18H25N3O2/c1-14-16(13-19-21(14)3)9-10-18(23)20(2)17(11-12-22)15-7-5-4-6-8-15/h4-8,13,17,22H,9-12H2,1-3H3. The maximum Gasteiger partial charge on any atom is 0.223 e. The Morgan fingerprint density at radius 1 is 1.35 bits per heavy atom. The quantitative estimate of drug-likeness (QED) is 0.852. The SMILES string of the molecule is Cc1c(CCC(=O)N(C)C(CCO)c2ccccc2)cnn1C. The van der Waals surface area contributed by atoms with E-state index in [1.54, 1.807) is 4.90 Å². The van der Waals surface area contributed by atoms with Crippen molar-refractivity contribution < 1.29 is 9.90 Å². The molecule has 1 atom stereocenters. The molecule has 1 aromatic heterocycles. The Morgan fingerprint density at radius 2 is 2.04 bits per heavy atom. The summed E-state index contributed by atoms with van der Waals surface area (Å²) < 4.78 is 1.82. The van der Waals surface area contributed by atoms with E-state index in [0.717, 1.165) is 16.8 Å². The summed E-state index contributed by atoms with van der Waals surface area (Å²) in [5.41, 5.74) is 3.25. The second-order valence-corrected chi connectivity index (χ2v) is 5.82. The maximum absolute atomic E-state index is 12.5. The molecule has 23 heavy (non-hydrogen) atoms. The molecule has 1 heterocycles. The van der Waals surface area contributed by atoms with Gasteiger partial charge in [0.1, 0.15) is 0 Å². The van der Waals surface area contributed by atoms with E-state index in [-0.39, 0.29) is 18.6 Å². The van der Waals surface area contributed by atoms with Gasteiger partial charge < -0.3 is 10.0 Å². The van der Waals surface area contributed by atoms with Gasteiger partial charge in [0, 0.05) is 32.8 Å². The minimum absolute atomic E-state index is 0.0545. The van der Waals surface area contributed by atoms with Crippen LogP contribution in [0.15, 0.2) is 36.5 Å². The molecule has 1 N–H and O–H groups in total. The Kier molecular flexibility index (Phi) is 5.93. The molecule has 0 radical (unpaired) electrons. The van der Waals surface area contributed by atoms with Crippen LogP contribution >= 0.6 is 0 Å². The van der Waals surface area contributed by atoms with E-state index in [1.165, 1.54) is 0 Å². The lowest BCUT2D eigenvalue weighted by molar-refractivity contribution is -0.132. The highest BCUT2D eigenvalue weighted by molar-refractivity contribution is 5.76. The smallest absolute Gasteiger partial charge is 0.223 e. The molecule has 2 aromatic rings. The van der Waals surface area contributed by atoms with Gasteiger partial charge in [0.2, 0.25) is 5.91 Å². The first kappa shape index (κ1) is 17.2. The summed E-state index contributed by atoms with van der Waals surface area (Å²) in [7, 11) is 3.71. The predicted octanol–water partition coefficient (Wildman–Crippen LogP) is 2.24. The number of hydrogen-bond donors (Lipinski definition) is 1. The lowest BCUT2D eigenvalue weighted by atomic mass is 10.0. The topological polar surface area (TPSA) is 58.4 Å². The summed E-state index contributed by atoms with van der Waals surface area (Å²) in [6.45, 7) is 2.06. The molecule has 0 saturated carbocycles. The molecule has 0 aliphatic carbocycles. The van der Waals surface area contributed by atoms with E-state index in [0.29, 0.717) is 19.3 Å². The van der Waals surface area contributed by atoms with Crippen LogP contribution in [0, 0.1) is 6.92 Å². The van der Waals surface area contributed by atoms with E-state index in [1.807, 2.05) is 62.2 Å². The highest BCUT2D eigenvalue weighted by Gasteiger charge is 2.21. The van der Waals surface area contributed by atoms with E-state index in [4.69, 9.17) is 0 Å². The Bertz CT molecular complexity index is 637. The zero-order valence-corrected chi connectivity index (χ0v) is 14.1. The number of nitrogens with zero attached hydrogens (tertiary/aromatic N) is 3. The summed E-state index contributed by atoms with van der Waals surface area (Å²) >= 11 is 0. The average Bonchev–Trinajstić information content (AvgIpc) is 2.89. The second-order valence-electron chi connectivity index (χ2n) is 5.82. The van der Waals surface area contributed by atoms with Crippen LogP contribution in [-0.4, -0.2) is 39.3 Å². The van der Waals surface area contributed by atoms with Gasteiger partial charge >= 0.3 is 0 Å². The van der Waals surface area contributed by atoms with Crippen molar-refractivity contribution in [2.45, 2.75) is 32.2 Å². The molecule has 0 spiro atoms. The highest BCUT2D eigenvalue weighted by Crippen LogP contribution is 2.23. The molecule has 2 rings (SSSR count). The number of carbonyl (C=O) groups excluding carboxylic acids is 1. The van der Waals surface area contributed by atoms with Gasteiger partial charge in [-0.05, 0) is 30.9 Å². The van der Waals surface area contributed by atoms with E-state index < -0.39 is 0 Å². The Hall–Kier alpha value is -2.14. The lowest BCUT2D eigenvalue weighted by Crippen LogP contribution is -2.32. The zero-order chi connectivity index (χ0) is 16.8. The molecule has 0 saturated heterocycles. The fourth-order valence-corrected chi connectivity index (χ4v) is 2.76. The summed E-state index contributed by atoms with van der Waals surface area (Å²) in [6, 6.07) is 9.76. The Labute approximate surface area is 137 Å². The van der Waals surface area contributed by atoms with Crippen LogP contribution in [0.25, 0.3) is 0 Å². The third kappa shape index (κ3) is 4.20. The zero-order valence-electron chi connectivity index (χ0n) is 14.1. The first-order valence-corrected chi connectivity index (χ1v) is 7.93. The van der Waals surface area contributed by atoms with Crippen molar-refractivity contribution >= 4 is 5.91 Å². The maximum atomic E-state index is 12.5. The minimum atomic E-state index is -0.0938. The van der Waals surface area contributed by atoms with Gasteiger partial charge in [-0.15, -0.1) is 0 Å². The van der Waals surface area contributed by atoms with E-state index in [9.17, 15) is 9.90 Å². The molecular formula is C18H25N3O2. The number of aliphatic hydroxyl groups is 1. The summed E-state index contributed by atoms with van der Waals surface area (Å²) in [5, 5.41) is 13.5. The van der Waals surface area contributed by atoms with Crippen LogP contribution in [0.1, 0.15) is 35.7 Å². The van der Waals surface area contributed by atoms with Crippen LogP contribution in [0.4, 0.5) is 0 Å². The molecule has 0 aliphatic rings. The Morgan fingerprint density at radius 3 is 2.61 bits per heavy atom. The van der Waals surface area contributed by atoms with Crippen molar-refractivity contribution in [1.29, 1.82) is 0 Å². The third-order valence-electron chi connectivity index (χ3n) is 4.39. The van der Waals surface area contributed by atoms with Gasteiger partial charge in [0.25, 0.3) is 0 Å². The van der Waals surface area contributed by atoms with Crippen LogP contribution in [0.5, 0.6) is 0 Å². The molecule has 5 heteroatoms. The molecule has 0 aliphatic heterocycles. The van der Waals surface area contributed by atoms with Crippen molar-refractivity contribution in [2.75, 3.05) is 13.7 Å². The summed E-state index contributed by atoms with van der Waals surface area (Å²) in [5.74, 6) is 0.0792. The first-order valence-electron chi connectivity index (χ1n) is 7.93. The number of hydrogen-bond acceptors (Lipinski definition) is 3. The monoisotopic (exact) mass is 315 g/mol. The van der Waals surface area contributed by atoms with Crippen molar-refractivity contribution in [2.24, 2.45) is 7.05 Å². The van der Waals surface area contributed by atoms with Crippen molar-refractivity contribution in [3.8, 4) is 0 Å². The molecular weight excluding hydrogens is 290 g/mol. The average molecular weight is 315 g/mol. The van der Waals surface area contributed by atoms with Crippen LogP contribution in [0.3, 0.4) is 0 Å². The summed E-state index contributed by atoms with van der Waals surface area (Å²) in [6.07, 6.45) is 3.49. The van der Waals surface area contributed by atoms with Gasteiger partial charge in [-0.25, -0.2) is 0 Å². The minimum Gasteiger partial charge on any atom is -0.396 e. The number of aliphatic hydroxyl groups excluding tert-OH is 1. The molecule has 1 aromatic carbocycles. The second kappa shape index (κ2) is 7.92. The summed E-state index contributed by atoms with van der Waals surface area (Å²) in [4.78, 5) is 14.3. The molecule has 0 fully saturated rings. The van der Waals surface area contributed by atoms with Gasteiger partial charge in [-0.3, -0.25) is 9.48 Å². The molecule has 1 unspecified atom stereocenters. The Balaban J connectivity index is 2.03. The molecule has 124 valence electrons. The number of amides is 1. The molecule has 1 amide bonds. The first-order chi connectivity index (χ1) is 11.0. The predicted molar refractivity (Wildman–Crippen MR) is 89.9 cm³/mol. The van der Waals surface area contributed by atoms with Gasteiger partial charge in [-0.2, -0.15) is 5.10 Å². The fraction of sp³-hybridized carbons (Fsp3) is 0.444.